The van der Waals surface area contributed by atoms with Gasteiger partial charge in [0.15, 0.2) is 0 Å². The van der Waals surface area contributed by atoms with Gasteiger partial charge in [0, 0.05) is 23.0 Å². The second-order valence-corrected chi connectivity index (χ2v) is 7.19. The Morgan fingerprint density at radius 2 is 2.04 bits per heavy atom. The summed E-state index contributed by atoms with van der Waals surface area (Å²) >= 11 is 6.14. The number of aromatic nitrogens is 1. The average Bonchev–Trinajstić information content (AvgIpc) is 3.03. The number of amides is 2. The van der Waals surface area contributed by atoms with E-state index in [4.69, 9.17) is 22.3 Å². The zero-order valence-corrected chi connectivity index (χ0v) is 15.8. The summed E-state index contributed by atoms with van der Waals surface area (Å²) < 4.78 is 0. The lowest BCUT2D eigenvalue weighted by molar-refractivity contribution is -0.0403. The van der Waals surface area contributed by atoms with Gasteiger partial charge in [0.1, 0.15) is 5.54 Å². The van der Waals surface area contributed by atoms with E-state index < -0.39 is 11.6 Å². The van der Waals surface area contributed by atoms with Crippen LogP contribution in [0.2, 0.25) is 5.02 Å². The molecule has 2 heterocycles. The Hall–Kier alpha value is -2.44. The molecule has 0 aliphatic carbocycles. The van der Waals surface area contributed by atoms with Crippen molar-refractivity contribution < 1.29 is 10.0 Å². The number of pyridine rings is 1. The number of primary amides is 1. The van der Waals surface area contributed by atoms with Crippen LogP contribution in [0.4, 0.5) is 4.79 Å². The first-order chi connectivity index (χ1) is 13.0. The molecule has 2 aromatic rings. The van der Waals surface area contributed by atoms with Crippen LogP contribution in [-0.4, -0.2) is 27.8 Å². The summed E-state index contributed by atoms with van der Waals surface area (Å²) in [4.78, 5) is 20.1. The third kappa shape index (κ3) is 4.64. The molecule has 1 unspecified atom stereocenters. The Bertz CT molecular complexity index is 919. The summed E-state index contributed by atoms with van der Waals surface area (Å²) in [7, 11) is 0. The van der Waals surface area contributed by atoms with Crippen molar-refractivity contribution >= 4 is 23.7 Å². The summed E-state index contributed by atoms with van der Waals surface area (Å²) in [6, 6.07) is 8.91. The number of benzene rings is 1. The van der Waals surface area contributed by atoms with E-state index in [-0.39, 0.29) is 6.54 Å². The van der Waals surface area contributed by atoms with Gasteiger partial charge >= 0.3 is 6.03 Å². The monoisotopic (exact) mass is 386 g/mol. The lowest BCUT2D eigenvalue weighted by Gasteiger charge is -2.24. The molecule has 1 aliphatic heterocycles. The Morgan fingerprint density at radius 3 is 2.78 bits per heavy atom. The van der Waals surface area contributed by atoms with E-state index in [0.717, 1.165) is 41.8 Å². The molecule has 3 rings (SSSR count). The minimum atomic E-state index is -0.818. The lowest BCUT2D eigenvalue weighted by atomic mass is 9.86. The van der Waals surface area contributed by atoms with E-state index in [1.165, 1.54) is 0 Å². The van der Waals surface area contributed by atoms with E-state index in [9.17, 15) is 10.0 Å². The highest BCUT2D eigenvalue weighted by atomic mass is 35.5. The maximum atomic E-state index is 10.8. The number of carbonyl (C=O) groups is 1. The van der Waals surface area contributed by atoms with E-state index in [0.29, 0.717) is 16.5 Å². The molecule has 1 aromatic heterocycles. The van der Waals surface area contributed by atoms with Crippen molar-refractivity contribution in [2.75, 3.05) is 6.54 Å². The number of nitrogens with zero attached hydrogens (tertiary/aromatic N) is 3. The van der Waals surface area contributed by atoms with Gasteiger partial charge in [-0.05, 0) is 48.4 Å². The number of urea groups is 1. The van der Waals surface area contributed by atoms with Crippen molar-refractivity contribution in [3.8, 4) is 0 Å². The minimum Gasteiger partial charge on any atom is -0.350 e. The summed E-state index contributed by atoms with van der Waals surface area (Å²) in [5.74, 6) is 0. The van der Waals surface area contributed by atoms with Gasteiger partial charge in [-0.2, -0.15) is 0 Å². The van der Waals surface area contributed by atoms with Gasteiger partial charge in [-0.25, -0.2) is 9.86 Å². The number of unbranched alkanes of at least 4 members (excludes halogenated alkanes) is 3. The number of halogens is 1. The normalized spacial score (nSPS) is 17.7. The van der Waals surface area contributed by atoms with Gasteiger partial charge in [-0.15, -0.1) is 0 Å². The number of fused-ring (bicyclic) bond motifs is 1. The highest BCUT2D eigenvalue weighted by Gasteiger charge is 2.31. The fourth-order valence-corrected chi connectivity index (χ4v) is 3.59. The molecule has 142 valence electrons. The van der Waals surface area contributed by atoms with Gasteiger partial charge in [-0.3, -0.25) is 15.2 Å². The van der Waals surface area contributed by atoms with E-state index in [1.807, 2.05) is 30.5 Å². The predicted molar refractivity (Wildman–Crippen MR) is 104 cm³/mol. The molecule has 0 spiro atoms. The fraction of sp³-hybridized carbons (Fsp3) is 0.350. The highest BCUT2D eigenvalue weighted by molar-refractivity contribution is 6.30. The molecule has 1 atom stereocenters. The van der Waals surface area contributed by atoms with Crippen LogP contribution in [0, 0.1) is 0 Å². The van der Waals surface area contributed by atoms with Crippen molar-refractivity contribution in [3.63, 3.8) is 0 Å². The average molecular weight is 387 g/mol. The zero-order valence-electron chi connectivity index (χ0n) is 15.0. The quantitative estimate of drug-likeness (QED) is 0.415. The van der Waals surface area contributed by atoms with Crippen molar-refractivity contribution in [2.24, 2.45) is 10.7 Å². The number of carbonyl (C=O) groups excluding carboxylic acids is 1. The lowest BCUT2D eigenvalue weighted by Crippen LogP contribution is -2.33. The first-order valence-corrected chi connectivity index (χ1v) is 9.43. The molecule has 7 heteroatoms. The van der Waals surface area contributed by atoms with Crippen LogP contribution < -0.4 is 16.3 Å². The Kier molecular flexibility index (Phi) is 6.08. The topological polar surface area (TPSA) is 91.8 Å². The van der Waals surface area contributed by atoms with Crippen molar-refractivity contribution in [3.05, 3.63) is 63.9 Å². The third-order valence-electron chi connectivity index (χ3n) is 4.80. The number of hydrogen-bond donors (Lipinski definition) is 2. The largest absolute Gasteiger partial charge is 0.350 e. The Balaban J connectivity index is 1.68. The van der Waals surface area contributed by atoms with Crippen LogP contribution in [0.5, 0.6) is 0 Å². The fourth-order valence-electron chi connectivity index (χ4n) is 3.41. The molecule has 1 aliphatic rings. The molecular formula is C20H23ClN4O2. The van der Waals surface area contributed by atoms with E-state index in [2.05, 4.69) is 17.1 Å². The second kappa shape index (κ2) is 8.50. The Morgan fingerprint density at radius 1 is 1.22 bits per heavy atom. The summed E-state index contributed by atoms with van der Waals surface area (Å²) in [5, 5.41) is 12.5. The van der Waals surface area contributed by atoms with Gasteiger partial charge in [0.05, 0.1) is 11.9 Å². The molecule has 0 saturated heterocycles. The number of rotatable bonds is 8. The standard InChI is InChI=1S/C20H23ClN4O2/c21-17-7-8-18-15(12-17)13-20(24-18,16-6-5-10-23-14-16)9-3-1-2-4-11-25(27)19(22)26/h5-8,10,12-14,27H,1-4,9,11H2,(H2,22,26). The molecule has 0 fully saturated rings. The van der Waals surface area contributed by atoms with Crippen LogP contribution in [0.1, 0.15) is 37.7 Å². The van der Waals surface area contributed by atoms with Gasteiger partial charge in [0.2, 0.25) is 0 Å². The van der Waals surface area contributed by atoms with Crippen LogP contribution in [-0.2, 0) is 5.54 Å². The zero-order chi connectivity index (χ0) is 19.3. The molecule has 6 nitrogen and oxygen atoms in total. The van der Waals surface area contributed by atoms with Crippen LogP contribution in [0.3, 0.4) is 0 Å². The summed E-state index contributed by atoms with van der Waals surface area (Å²) in [6.07, 6.45) is 10.2. The number of hydroxylamine groups is 2. The van der Waals surface area contributed by atoms with E-state index >= 15 is 0 Å². The Labute approximate surface area is 163 Å². The van der Waals surface area contributed by atoms with Crippen molar-refractivity contribution in [2.45, 2.75) is 37.6 Å². The SMILES string of the molecule is NC(=O)N(O)CCCCCCC1(c2cccnc2)C=c2cc(Cl)ccc2=N1. The molecule has 0 saturated carbocycles. The van der Waals surface area contributed by atoms with E-state index in [1.54, 1.807) is 6.20 Å². The van der Waals surface area contributed by atoms with Crippen LogP contribution in [0.25, 0.3) is 6.08 Å². The molecule has 27 heavy (non-hydrogen) atoms. The van der Waals surface area contributed by atoms with Crippen molar-refractivity contribution in [1.82, 2.24) is 10.0 Å². The van der Waals surface area contributed by atoms with Crippen molar-refractivity contribution in [1.29, 1.82) is 0 Å². The molecule has 1 aromatic carbocycles. The first-order valence-electron chi connectivity index (χ1n) is 9.05. The van der Waals surface area contributed by atoms with Gasteiger partial charge < -0.3 is 5.73 Å². The van der Waals surface area contributed by atoms with Gasteiger partial charge in [-0.1, -0.05) is 36.9 Å². The van der Waals surface area contributed by atoms with Crippen LogP contribution >= 0.6 is 11.6 Å². The van der Waals surface area contributed by atoms with Gasteiger partial charge in [0.25, 0.3) is 0 Å². The molecule has 3 N–H and O–H groups in total. The molecule has 2 amide bonds. The maximum Gasteiger partial charge on any atom is 0.338 e. The second-order valence-electron chi connectivity index (χ2n) is 6.75. The number of nitrogens with two attached hydrogens (primary N) is 1. The third-order valence-corrected chi connectivity index (χ3v) is 5.03. The summed E-state index contributed by atoms with van der Waals surface area (Å²) in [5.41, 5.74) is 5.63. The van der Waals surface area contributed by atoms with Crippen LogP contribution in [0.15, 0.2) is 47.7 Å². The summed E-state index contributed by atoms with van der Waals surface area (Å²) in [6.45, 7) is 0.253. The predicted octanol–water partition coefficient (Wildman–Crippen LogP) is 2.76. The highest BCUT2D eigenvalue weighted by Crippen LogP contribution is 2.34. The minimum absolute atomic E-state index is 0.253. The molecular weight excluding hydrogens is 364 g/mol. The molecule has 0 bridgehead atoms. The smallest absolute Gasteiger partial charge is 0.338 e. The first kappa shape index (κ1) is 19.3. The maximum absolute atomic E-state index is 10.8. The molecule has 0 radical (unpaired) electrons. The number of hydrogen-bond acceptors (Lipinski definition) is 4.